The van der Waals surface area contributed by atoms with Gasteiger partial charge in [0.2, 0.25) is 5.91 Å². The predicted octanol–water partition coefficient (Wildman–Crippen LogP) is 2.35. The number of nitrogens with zero attached hydrogens (tertiary/aromatic N) is 3. The summed E-state index contributed by atoms with van der Waals surface area (Å²) in [5.74, 6) is 0.830. The van der Waals surface area contributed by atoms with Gasteiger partial charge in [-0.1, -0.05) is 0 Å². The highest BCUT2D eigenvalue weighted by molar-refractivity contribution is 14.1. The quantitative estimate of drug-likeness (QED) is 0.438. The highest BCUT2D eigenvalue weighted by atomic mass is 127. The lowest BCUT2D eigenvalue weighted by atomic mass is 10.2. The highest BCUT2D eigenvalue weighted by Crippen LogP contribution is 2.30. The van der Waals surface area contributed by atoms with E-state index in [0.29, 0.717) is 12.3 Å². The van der Waals surface area contributed by atoms with Gasteiger partial charge in [0.25, 0.3) is 5.91 Å². The summed E-state index contributed by atoms with van der Waals surface area (Å²) in [5, 5.41) is 0. The monoisotopic (exact) mass is 417 g/mol. The minimum absolute atomic E-state index is 0.158. The van der Waals surface area contributed by atoms with Crippen molar-refractivity contribution in [3.8, 4) is 0 Å². The molecule has 1 atom stereocenters. The number of hydrogen-bond acceptors (Lipinski definition) is 3. The van der Waals surface area contributed by atoms with Crippen molar-refractivity contribution >= 4 is 57.0 Å². The molecule has 1 aromatic heterocycles. The first-order valence-electron chi connectivity index (χ1n) is 6.55. The SMILES string of the molecule is CN1C(=O)CC(n2c(CCCl)nc3cc(I)ccc32)C1=O. The predicted molar refractivity (Wildman–Crippen MR) is 88.3 cm³/mol. The summed E-state index contributed by atoms with van der Waals surface area (Å²) in [4.78, 5) is 29.9. The van der Waals surface area contributed by atoms with Crippen LogP contribution in [0.15, 0.2) is 18.2 Å². The molecule has 7 heteroatoms. The normalized spacial score (nSPS) is 19.0. The van der Waals surface area contributed by atoms with Gasteiger partial charge in [0.05, 0.1) is 17.5 Å². The van der Waals surface area contributed by atoms with Crippen LogP contribution < -0.4 is 0 Å². The lowest BCUT2D eigenvalue weighted by molar-refractivity contribution is -0.137. The van der Waals surface area contributed by atoms with Crippen LogP contribution in [0, 0.1) is 3.57 Å². The second-order valence-electron chi connectivity index (χ2n) is 4.98. The van der Waals surface area contributed by atoms with E-state index in [0.717, 1.165) is 20.4 Å². The van der Waals surface area contributed by atoms with E-state index in [1.54, 1.807) is 0 Å². The number of hydrogen-bond donors (Lipinski definition) is 0. The third kappa shape index (κ3) is 2.44. The molecule has 5 nitrogen and oxygen atoms in total. The Bertz CT molecular complexity index is 743. The van der Waals surface area contributed by atoms with E-state index < -0.39 is 6.04 Å². The Kier molecular flexibility index (Phi) is 3.92. The zero-order valence-electron chi connectivity index (χ0n) is 11.3. The second kappa shape index (κ2) is 5.57. The maximum Gasteiger partial charge on any atom is 0.252 e. The summed E-state index contributed by atoms with van der Waals surface area (Å²) in [6.07, 6.45) is 0.747. The molecule has 1 fully saturated rings. The topological polar surface area (TPSA) is 55.2 Å². The number of likely N-dealkylation sites (N-methyl/N-ethyl adjacent to an activating group) is 1. The molecule has 1 aliphatic heterocycles. The second-order valence-corrected chi connectivity index (χ2v) is 6.60. The zero-order valence-corrected chi connectivity index (χ0v) is 14.3. The van der Waals surface area contributed by atoms with Crippen molar-refractivity contribution < 1.29 is 9.59 Å². The van der Waals surface area contributed by atoms with Gasteiger partial charge in [0.1, 0.15) is 11.9 Å². The number of aryl methyl sites for hydroxylation is 1. The van der Waals surface area contributed by atoms with Gasteiger partial charge in [-0.15, -0.1) is 11.6 Å². The van der Waals surface area contributed by atoms with Crippen LogP contribution in [0.2, 0.25) is 0 Å². The number of fused-ring (bicyclic) bond motifs is 1. The van der Waals surface area contributed by atoms with Gasteiger partial charge in [-0.05, 0) is 40.8 Å². The Morgan fingerprint density at radius 1 is 1.43 bits per heavy atom. The van der Waals surface area contributed by atoms with Crippen LogP contribution >= 0.6 is 34.2 Å². The van der Waals surface area contributed by atoms with Gasteiger partial charge >= 0.3 is 0 Å². The van der Waals surface area contributed by atoms with Gasteiger partial charge in [0.15, 0.2) is 0 Å². The maximum atomic E-state index is 12.3. The summed E-state index contributed by atoms with van der Waals surface area (Å²) >= 11 is 8.07. The molecule has 1 aromatic carbocycles. The van der Waals surface area contributed by atoms with E-state index in [1.165, 1.54) is 11.9 Å². The minimum atomic E-state index is -0.509. The summed E-state index contributed by atoms with van der Waals surface area (Å²) < 4.78 is 2.95. The molecule has 0 aliphatic carbocycles. The number of likely N-dealkylation sites (tertiary alicyclic amines) is 1. The van der Waals surface area contributed by atoms with Crippen molar-refractivity contribution in [3.05, 3.63) is 27.6 Å². The lowest BCUT2D eigenvalue weighted by Gasteiger charge is -2.14. The Labute approximate surface area is 140 Å². The van der Waals surface area contributed by atoms with E-state index in [9.17, 15) is 9.59 Å². The van der Waals surface area contributed by atoms with Crippen LogP contribution in [0.3, 0.4) is 0 Å². The molecule has 1 aliphatic rings. The van der Waals surface area contributed by atoms with Crippen molar-refractivity contribution in [1.82, 2.24) is 14.5 Å². The average molecular weight is 418 g/mol. The first-order valence-corrected chi connectivity index (χ1v) is 8.17. The molecule has 2 heterocycles. The molecule has 1 unspecified atom stereocenters. The van der Waals surface area contributed by atoms with Crippen molar-refractivity contribution in [2.45, 2.75) is 18.9 Å². The number of imide groups is 1. The van der Waals surface area contributed by atoms with E-state index in [1.807, 2.05) is 22.8 Å². The van der Waals surface area contributed by atoms with Crippen LogP contribution in [0.5, 0.6) is 0 Å². The first-order chi connectivity index (χ1) is 10.0. The fraction of sp³-hybridized carbons (Fsp3) is 0.357. The van der Waals surface area contributed by atoms with Gasteiger partial charge < -0.3 is 4.57 Å². The number of carbonyl (C=O) groups excluding carboxylic acids is 2. The van der Waals surface area contributed by atoms with Crippen LogP contribution in [0.1, 0.15) is 18.3 Å². The molecule has 0 N–H and O–H groups in total. The third-order valence-corrected chi connectivity index (χ3v) is 4.57. The van der Waals surface area contributed by atoms with Gasteiger partial charge in [0, 0.05) is 22.9 Å². The maximum absolute atomic E-state index is 12.3. The van der Waals surface area contributed by atoms with Crippen LogP contribution in [0.4, 0.5) is 0 Å². The number of benzene rings is 1. The number of carbonyl (C=O) groups is 2. The summed E-state index contributed by atoms with van der Waals surface area (Å²) in [6, 6.07) is 5.37. The van der Waals surface area contributed by atoms with Crippen LogP contribution in [-0.2, 0) is 16.0 Å². The van der Waals surface area contributed by atoms with Gasteiger partial charge in [-0.25, -0.2) is 4.98 Å². The van der Waals surface area contributed by atoms with Gasteiger partial charge in [-0.3, -0.25) is 14.5 Å². The number of rotatable bonds is 3. The number of alkyl halides is 1. The lowest BCUT2D eigenvalue weighted by Crippen LogP contribution is -2.27. The number of aromatic nitrogens is 2. The highest BCUT2D eigenvalue weighted by Gasteiger charge is 2.38. The molecule has 0 spiro atoms. The molecule has 2 aromatic rings. The Balaban J connectivity index is 2.18. The van der Waals surface area contributed by atoms with Crippen molar-refractivity contribution in [2.24, 2.45) is 0 Å². The Morgan fingerprint density at radius 3 is 2.81 bits per heavy atom. The molecule has 21 heavy (non-hydrogen) atoms. The fourth-order valence-corrected chi connectivity index (χ4v) is 3.31. The Morgan fingerprint density at radius 2 is 2.19 bits per heavy atom. The number of imidazole rings is 1. The number of amides is 2. The molecule has 1 saturated heterocycles. The molecule has 2 amide bonds. The average Bonchev–Trinajstić information content (AvgIpc) is 2.91. The zero-order chi connectivity index (χ0) is 15.1. The van der Waals surface area contributed by atoms with Crippen LogP contribution in [0.25, 0.3) is 11.0 Å². The van der Waals surface area contributed by atoms with E-state index >= 15 is 0 Å². The van der Waals surface area contributed by atoms with Crippen LogP contribution in [-0.4, -0.2) is 39.2 Å². The van der Waals surface area contributed by atoms with Crippen molar-refractivity contribution in [2.75, 3.05) is 12.9 Å². The summed E-state index contributed by atoms with van der Waals surface area (Å²) in [5.41, 5.74) is 1.70. The summed E-state index contributed by atoms with van der Waals surface area (Å²) in [6.45, 7) is 0. The standard InChI is InChI=1S/C14H13ClIN3O2/c1-18-13(20)7-11(14(18)21)19-10-3-2-8(16)6-9(10)17-12(19)4-5-15/h2-3,6,11H,4-5,7H2,1H3. The molecule has 110 valence electrons. The molecule has 0 radical (unpaired) electrons. The largest absolute Gasteiger partial charge is 0.315 e. The smallest absolute Gasteiger partial charge is 0.252 e. The summed E-state index contributed by atoms with van der Waals surface area (Å²) in [7, 11) is 1.52. The molecular weight excluding hydrogens is 405 g/mol. The number of halogens is 2. The Hall–Kier alpha value is -1.15. The molecular formula is C14H13ClIN3O2. The molecule has 3 rings (SSSR count). The van der Waals surface area contributed by atoms with E-state index in [2.05, 4.69) is 27.6 Å². The minimum Gasteiger partial charge on any atom is -0.315 e. The van der Waals surface area contributed by atoms with Crippen molar-refractivity contribution in [3.63, 3.8) is 0 Å². The molecule has 0 saturated carbocycles. The first kappa shape index (κ1) is 14.8. The van der Waals surface area contributed by atoms with E-state index in [4.69, 9.17) is 11.6 Å². The molecule has 0 bridgehead atoms. The third-order valence-electron chi connectivity index (χ3n) is 3.71. The van der Waals surface area contributed by atoms with Gasteiger partial charge in [-0.2, -0.15) is 0 Å². The van der Waals surface area contributed by atoms with Crippen molar-refractivity contribution in [1.29, 1.82) is 0 Å². The van der Waals surface area contributed by atoms with E-state index in [-0.39, 0.29) is 18.2 Å². The fourth-order valence-electron chi connectivity index (χ4n) is 2.67.